The van der Waals surface area contributed by atoms with Crippen LogP contribution in [-0.2, 0) is 16.6 Å². The summed E-state index contributed by atoms with van der Waals surface area (Å²) in [6.45, 7) is 2.48. The summed E-state index contributed by atoms with van der Waals surface area (Å²) in [5.41, 5.74) is 0.00307. The van der Waals surface area contributed by atoms with Gasteiger partial charge in [-0.1, -0.05) is 6.92 Å². The topological polar surface area (TPSA) is 57.6 Å². The lowest BCUT2D eigenvalue weighted by molar-refractivity contribution is 0.275. The van der Waals surface area contributed by atoms with E-state index in [1.54, 1.807) is 0 Å². The molecular weight excluding hydrogens is 257 g/mol. The lowest BCUT2D eigenvalue weighted by Crippen LogP contribution is -2.28. The number of sulfonamides is 1. The summed E-state index contributed by atoms with van der Waals surface area (Å²) in [6.07, 6.45) is 0.841. The zero-order valence-corrected chi connectivity index (χ0v) is 11.0. The molecule has 0 aliphatic carbocycles. The van der Waals surface area contributed by atoms with Crippen molar-refractivity contribution in [2.45, 2.75) is 24.8 Å². The van der Waals surface area contributed by atoms with Crippen LogP contribution in [0.5, 0.6) is 0 Å². The molecule has 0 saturated carbocycles. The molecule has 18 heavy (non-hydrogen) atoms. The van der Waals surface area contributed by atoms with Gasteiger partial charge in [0.2, 0.25) is 10.0 Å². The van der Waals surface area contributed by atoms with Crippen molar-refractivity contribution < 1.29 is 17.9 Å². The molecule has 1 aliphatic rings. The maximum absolute atomic E-state index is 13.2. The Morgan fingerprint density at radius 3 is 2.78 bits per heavy atom. The van der Waals surface area contributed by atoms with E-state index in [2.05, 4.69) is 0 Å². The van der Waals surface area contributed by atoms with Gasteiger partial charge in [0.15, 0.2) is 0 Å². The summed E-state index contributed by atoms with van der Waals surface area (Å²) in [7, 11) is -3.57. The minimum Gasteiger partial charge on any atom is -0.392 e. The third-order valence-corrected chi connectivity index (χ3v) is 5.07. The second-order valence-corrected chi connectivity index (χ2v) is 6.61. The van der Waals surface area contributed by atoms with Crippen molar-refractivity contribution in [1.29, 1.82) is 0 Å². The van der Waals surface area contributed by atoms with Gasteiger partial charge >= 0.3 is 0 Å². The largest absolute Gasteiger partial charge is 0.392 e. The van der Waals surface area contributed by atoms with Crippen LogP contribution in [0.2, 0.25) is 0 Å². The van der Waals surface area contributed by atoms with E-state index in [0.29, 0.717) is 19.0 Å². The number of aliphatic hydroxyl groups is 1. The molecule has 1 unspecified atom stereocenters. The SMILES string of the molecule is CC1CCN(S(=O)(=O)c2ccc(F)c(CO)c2)C1. The number of nitrogens with zero attached hydrogens (tertiary/aromatic N) is 1. The first-order chi connectivity index (χ1) is 8.45. The van der Waals surface area contributed by atoms with Crippen LogP contribution in [0.1, 0.15) is 18.9 Å². The van der Waals surface area contributed by atoms with Crippen LogP contribution in [0.4, 0.5) is 4.39 Å². The zero-order chi connectivity index (χ0) is 13.3. The summed E-state index contributed by atoms with van der Waals surface area (Å²) < 4.78 is 39.2. The lowest BCUT2D eigenvalue weighted by atomic mass is 10.2. The molecule has 1 N–H and O–H groups in total. The van der Waals surface area contributed by atoms with E-state index in [1.807, 2.05) is 6.92 Å². The van der Waals surface area contributed by atoms with Crippen molar-refractivity contribution in [3.05, 3.63) is 29.6 Å². The molecule has 0 amide bonds. The molecule has 1 atom stereocenters. The first kappa shape index (κ1) is 13.5. The second kappa shape index (κ2) is 4.95. The molecule has 6 heteroatoms. The molecule has 0 spiro atoms. The summed E-state index contributed by atoms with van der Waals surface area (Å²) in [5.74, 6) is -0.247. The van der Waals surface area contributed by atoms with E-state index < -0.39 is 22.4 Å². The van der Waals surface area contributed by atoms with E-state index in [9.17, 15) is 12.8 Å². The molecule has 1 heterocycles. The molecule has 2 rings (SSSR count). The number of aliphatic hydroxyl groups excluding tert-OH is 1. The Bertz CT molecular complexity index is 544. The second-order valence-electron chi connectivity index (χ2n) is 4.67. The molecule has 0 aromatic heterocycles. The van der Waals surface area contributed by atoms with Crippen molar-refractivity contribution in [3.8, 4) is 0 Å². The molecule has 1 saturated heterocycles. The van der Waals surface area contributed by atoms with Crippen molar-refractivity contribution in [2.24, 2.45) is 5.92 Å². The third kappa shape index (κ3) is 2.41. The van der Waals surface area contributed by atoms with Gasteiger partial charge in [-0.15, -0.1) is 0 Å². The van der Waals surface area contributed by atoms with Crippen molar-refractivity contribution in [3.63, 3.8) is 0 Å². The van der Waals surface area contributed by atoms with E-state index in [0.717, 1.165) is 12.5 Å². The van der Waals surface area contributed by atoms with Crippen LogP contribution in [0.15, 0.2) is 23.1 Å². The van der Waals surface area contributed by atoms with Gasteiger partial charge in [-0.05, 0) is 30.5 Å². The standard InChI is InChI=1S/C12H16FNO3S/c1-9-4-5-14(7-9)18(16,17)11-2-3-12(13)10(6-11)8-15/h2-3,6,9,15H,4-5,7-8H2,1H3. The Morgan fingerprint density at radius 1 is 1.50 bits per heavy atom. The molecule has 1 fully saturated rings. The first-order valence-corrected chi connectivity index (χ1v) is 7.28. The quantitative estimate of drug-likeness (QED) is 0.904. The van der Waals surface area contributed by atoms with Gasteiger partial charge in [-0.25, -0.2) is 12.8 Å². The van der Waals surface area contributed by atoms with E-state index in [1.165, 1.54) is 16.4 Å². The fraction of sp³-hybridized carbons (Fsp3) is 0.500. The van der Waals surface area contributed by atoms with E-state index >= 15 is 0 Å². The Labute approximate surface area is 106 Å². The van der Waals surface area contributed by atoms with Gasteiger partial charge in [-0.2, -0.15) is 4.31 Å². The Balaban J connectivity index is 2.35. The van der Waals surface area contributed by atoms with Gasteiger partial charge in [0.1, 0.15) is 5.82 Å². The number of benzene rings is 1. The Hall–Kier alpha value is -0.980. The summed E-state index contributed by atoms with van der Waals surface area (Å²) in [4.78, 5) is 0.0436. The highest BCUT2D eigenvalue weighted by molar-refractivity contribution is 7.89. The van der Waals surface area contributed by atoms with Crippen LogP contribution in [0.25, 0.3) is 0 Å². The normalized spacial score (nSPS) is 21.4. The van der Waals surface area contributed by atoms with Gasteiger partial charge in [0.05, 0.1) is 11.5 Å². The van der Waals surface area contributed by atoms with E-state index in [-0.39, 0.29) is 10.5 Å². The summed E-state index contributed by atoms with van der Waals surface area (Å²) in [6, 6.07) is 3.53. The van der Waals surface area contributed by atoms with Crippen molar-refractivity contribution in [2.75, 3.05) is 13.1 Å². The number of hydrogen-bond donors (Lipinski definition) is 1. The minimum absolute atomic E-state index is 0.00307. The molecule has 1 aromatic carbocycles. The summed E-state index contributed by atoms with van der Waals surface area (Å²) >= 11 is 0. The van der Waals surface area contributed by atoms with Gasteiger partial charge < -0.3 is 5.11 Å². The van der Waals surface area contributed by atoms with Gasteiger partial charge in [0, 0.05) is 18.7 Å². The fourth-order valence-electron chi connectivity index (χ4n) is 2.09. The molecule has 1 aromatic rings. The molecule has 0 bridgehead atoms. The highest BCUT2D eigenvalue weighted by Gasteiger charge is 2.30. The minimum atomic E-state index is -3.57. The van der Waals surface area contributed by atoms with Crippen molar-refractivity contribution >= 4 is 10.0 Å². The zero-order valence-electron chi connectivity index (χ0n) is 10.1. The molecule has 0 radical (unpaired) electrons. The number of hydrogen-bond acceptors (Lipinski definition) is 3. The highest BCUT2D eigenvalue weighted by atomic mass is 32.2. The predicted molar refractivity (Wildman–Crippen MR) is 64.9 cm³/mol. The van der Waals surface area contributed by atoms with Crippen LogP contribution in [0.3, 0.4) is 0 Å². The Kier molecular flexibility index (Phi) is 3.70. The molecular formula is C12H16FNO3S. The average molecular weight is 273 g/mol. The van der Waals surface area contributed by atoms with Crippen LogP contribution < -0.4 is 0 Å². The monoisotopic (exact) mass is 273 g/mol. The molecule has 100 valence electrons. The maximum Gasteiger partial charge on any atom is 0.243 e. The van der Waals surface area contributed by atoms with Gasteiger partial charge in [-0.3, -0.25) is 0 Å². The van der Waals surface area contributed by atoms with Crippen LogP contribution >= 0.6 is 0 Å². The first-order valence-electron chi connectivity index (χ1n) is 5.84. The van der Waals surface area contributed by atoms with Crippen molar-refractivity contribution in [1.82, 2.24) is 4.31 Å². The molecule has 4 nitrogen and oxygen atoms in total. The number of halogens is 1. The predicted octanol–water partition coefficient (Wildman–Crippen LogP) is 1.35. The fourth-order valence-corrected chi connectivity index (χ4v) is 3.72. The summed E-state index contributed by atoms with van der Waals surface area (Å²) in [5, 5.41) is 8.97. The van der Waals surface area contributed by atoms with Crippen LogP contribution in [0, 0.1) is 11.7 Å². The van der Waals surface area contributed by atoms with Gasteiger partial charge in [0.25, 0.3) is 0 Å². The van der Waals surface area contributed by atoms with Crippen LogP contribution in [-0.4, -0.2) is 30.9 Å². The Morgan fingerprint density at radius 2 is 2.22 bits per heavy atom. The molecule has 1 aliphatic heterocycles. The average Bonchev–Trinajstić information content (AvgIpc) is 2.77. The smallest absolute Gasteiger partial charge is 0.243 e. The van der Waals surface area contributed by atoms with E-state index in [4.69, 9.17) is 5.11 Å². The third-order valence-electron chi connectivity index (χ3n) is 3.21. The highest BCUT2D eigenvalue weighted by Crippen LogP contribution is 2.25. The lowest BCUT2D eigenvalue weighted by Gasteiger charge is -2.16. The maximum atomic E-state index is 13.2. The number of rotatable bonds is 3.